The van der Waals surface area contributed by atoms with Crippen molar-refractivity contribution in [3.8, 4) is 5.75 Å². The number of halogens is 4. The molecule has 2 nitrogen and oxygen atoms in total. The molecular formula is C14H11BrCl2FNO. The Morgan fingerprint density at radius 1 is 1.20 bits per heavy atom. The molecule has 2 N–H and O–H groups in total. The number of methoxy groups -OCH3 is 1. The standard InChI is InChI=1S/C14H11BrCl2FNO/c1-20-12-6-10(16)8(5-11(12)17)14(19)7-3-2-4-9(15)13(7)18/h2-6,14H,19H2,1H3. The van der Waals surface area contributed by atoms with Crippen LogP contribution in [0.25, 0.3) is 0 Å². The Balaban J connectivity index is 2.51. The number of benzene rings is 2. The van der Waals surface area contributed by atoms with Crippen molar-refractivity contribution in [2.75, 3.05) is 7.11 Å². The van der Waals surface area contributed by atoms with Gasteiger partial charge in [-0.1, -0.05) is 35.3 Å². The predicted octanol–water partition coefficient (Wildman–Crippen LogP) is 4.95. The van der Waals surface area contributed by atoms with Crippen molar-refractivity contribution in [2.24, 2.45) is 5.73 Å². The second-order valence-corrected chi connectivity index (χ2v) is 5.80. The van der Waals surface area contributed by atoms with Crippen molar-refractivity contribution in [1.82, 2.24) is 0 Å². The smallest absolute Gasteiger partial charge is 0.142 e. The normalized spacial score (nSPS) is 12.3. The van der Waals surface area contributed by atoms with Crippen LogP contribution < -0.4 is 10.5 Å². The monoisotopic (exact) mass is 377 g/mol. The molecule has 0 amide bonds. The molecule has 2 aromatic rings. The Labute approximate surface area is 134 Å². The van der Waals surface area contributed by atoms with Crippen molar-refractivity contribution in [3.05, 3.63) is 61.8 Å². The minimum absolute atomic E-state index is 0.336. The molecule has 6 heteroatoms. The van der Waals surface area contributed by atoms with Crippen LogP contribution >= 0.6 is 39.1 Å². The van der Waals surface area contributed by atoms with E-state index in [1.165, 1.54) is 7.11 Å². The number of hydrogen-bond acceptors (Lipinski definition) is 2. The highest BCUT2D eigenvalue weighted by Gasteiger charge is 2.19. The van der Waals surface area contributed by atoms with E-state index in [1.807, 2.05) is 0 Å². The van der Waals surface area contributed by atoms with Crippen LogP contribution in [0.1, 0.15) is 17.2 Å². The number of hydrogen-bond donors (Lipinski definition) is 1. The van der Waals surface area contributed by atoms with E-state index in [0.717, 1.165) is 0 Å². The number of rotatable bonds is 3. The highest BCUT2D eigenvalue weighted by Crippen LogP contribution is 2.36. The second kappa shape index (κ2) is 6.31. The molecular weight excluding hydrogens is 368 g/mol. The Kier molecular flexibility index (Phi) is 4.91. The van der Waals surface area contributed by atoms with E-state index in [-0.39, 0.29) is 0 Å². The SMILES string of the molecule is COc1cc(Cl)c(C(N)c2cccc(Br)c2F)cc1Cl. The third-order valence-electron chi connectivity index (χ3n) is 2.92. The van der Waals surface area contributed by atoms with Crippen molar-refractivity contribution in [3.63, 3.8) is 0 Å². The summed E-state index contributed by atoms with van der Waals surface area (Å²) < 4.78 is 19.5. The highest BCUT2D eigenvalue weighted by atomic mass is 79.9. The zero-order chi connectivity index (χ0) is 14.9. The lowest BCUT2D eigenvalue weighted by Gasteiger charge is -2.17. The van der Waals surface area contributed by atoms with E-state index in [4.69, 9.17) is 33.7 Å². The third-order valence-corrected chi connectivity index (χ3v) is 4.16. The topological polar surface area (TPSA) is 35.2 Å². The number of nitrogens with two attached hydrogens (primary N) is 1. The molecule has 0 aromatic heterocycles. The number of ether oxygens (including phenoxy) is 1. The molecule has 0 radical (unpaired) electrons. The molecule has 0 saturated heterocycles. The molecule has 20 heavy (non-hydrogen) atoms. The van der Waals surface area contributed by atoms with Gasteiger partial charge in [-0.3, -0.25) is 0 Å². The summed E-state index contributed by atoms with van der Waals surface area (Å²) in [5.41, 5.74) is 6.97. The predicted molar refractivity (Wildman–Crippen MR) is 83.1 cm³/mol. The van der Waals surface area contributed by atoms with Crippen molar-refractivity contribution in [2.45, 2.75) is 6.04 Å². The molecule has 1 atom stereocenters. The van der Waals surface area contributed by atoms with Crippen LogP contribution in [0.2, 0.25) is 10.0 Å². The van der Waals surface area contributed by atoms with Crippen LogP contribution in [0.4, 0.5) is 4.39 Å². The molecule has 2 rings (SSSR count). The van der Waals surface area contributed by atoms with Gasteiger partial charge in [0.15, 0.2) is 0 Å². The van der Waals surface area contributed by atoms with Gasteiger partial charge in [-0.2, -0.15) is 0 Å². The quantitative estimate of drug-likeness (QED) is 0.819. The fraction of sp³-hybridized carbons (Fsp3) is 0.143. The van der Waals surface area contributed by atoms with Gasteiger partial charge in [-0.15, -0.1) is 0 Å². The van der Waals surface area contributed by atoms with Gasteiger partial charge in [0, 0.05) is 16.7 Å². The van der Waals surface area contributed by atoms with Gasteiger partial charge < -0.3 is 10.5 Å². The molecule has 1 unspecified atom stereocenters. The molecule has 2 aromatic carbocycles. The van der Waals surface area contributed by atoms with E-state index in [9.17, 15) is 4.39 Å². The average molecular weight is 379 g/mol. The molecule has 0 aliphatic rings. The molecule has 0 bridgehead atoms. The first-order valence-corrected chi connectivity index (χ1v) is 7.23. The summed E-state index contributed by atoms with van der Waals surface area (Å²) in [4.78, 5) is 0. The average Bonchev–Trinajstić information content (AvgIpc) is 2.43. The second-order valence-electron chi connectivity index (χ2n) is 4.13. The summed E-state index contributed by atoms with van der Waals surface area (Å²) in [6.07, 6.45) is 0. The fourth-order valence-corrected chi connectivity index (χ4v) is 2.77. The fourth-order valence-electron chi connectivity index (χ4n) is 1.87. The van der Waals surface area contributed by atoms with Crippen LogP contribution in [-0.4, -0.2) is 7.11 Å². The van der Waals surface area contributed by atoms with E-state index < -0.39 is 11.9 Å². The van der Waals surface area contributed by atoms with Crippen molar-refractivity contribution in [1.29, 1.82) is 0 Å². The van der Waals surface area contributed by atoms with Gasteiger partial charge in [-0.05, 0) is 33.6 Å². The van der Waals surface area contributed by atoms with Crippen LogP contribution in [0, 0.1) is 5.82 Å². The van der Waals surface area contributed by atoms with E-state index in [1.54, 1.807) is 30.3 Å². The van der Waals surface area contributed by atoms with Gasteiger partial charge in [0.05, 0.1) is 22.6 Å². The van der Waals surface area contributed by atoms with Crippen molar-refractivity contribution < 1.29 is 9.13 Å². The van der Waals surface area contributed by atoms with Gasteiger partial charge in [0.1, 0.15) is 11.6 Å². The zero-order valence-electron chi connectivity index (χ0n) is 10.5. The maximum atomic E-state index is 14.1. The first kappa shape index (κ1) is 15.6. The summed E-state index contributed by atoms with van der Waals surface area (Å²) in [6.45, 7) is 0. The Morgan fingerprint density at radius 2 is 1.90 bits per heavy atom. The summed E-state index contributed by atoms with van der Waals surface area (Å²) >= 11 is 15.4. The van der Waals surface area contributed by atoms with E-state index in [0.29, 0.717) is 31.4 Å². The van der Waals surface area contributed by atoms with Gasteiger partial charge in [-0.25, -0.2) is 4.39 Å². The largest absolute Gasteiger partial charge is 0.495 e. The summed E-state index contributed by atoms with van der Waals surface area (Å²) in [7, 11) is 1.49. The minimum atomic E-state index is -0.719. The molecule has 0 fully saturated rings. The molecule has 106 valence electrons. The lowest BCUT2D eigenvalue weighted by Crippen LogP contribution is -2.14. The van der Waals surface area contributed by atoms with Gasteiger partial charge in [0.2, 0.25) is 0 Å². The summed E-state index contributed by atoms with van der Waals surface area (Å²) in [5.74, 6) is 0.0327. The maximum absolute atomic E-state index is 14.1. The zero-order valence-corrected chi connectivity index (χ0v) is 13.6. The van der Waals surface area contributed by atoms with E-state index >= 15 is 0 Å². The molecule has 0 saturated carbocycles. The minimum Gasteiger partial charge on any atom is -0.495 e. The van der Waals surface area contributed by atoms with E-state index in [2.05, 4.69) is 15.9 Å². The summed E-state index contributed by atoms with van der Waals surface area (Å²) in [5, 5.41) is 0.746. The van der Waals surface area contributed by atoms with Gasteiger partial charge in [0.25, 0.3) is 0 Å². The Morgan fingerprint density at radius 3 is 2.55 bits per heavy atom. The Bertz CT molecular complexity index is 651. The van der Waals surface area contributed by atoms with Crippen molar-refractivity contribution >= 4 is 39.1 Å². The molecule has 0 heterocycles. The molecule has 0 aliphatic heterocycles. The molecule has 0 aliphatic carbocycles. The lowest BCUT2D eigenvalue weighted by atomic mass is 9.99. The third kappa shape index (κ3) is 2.93. The lowest BCUT2D eigenvalue weighted by molar-refractivity contribution is 0.415. The summed E-state index contributed by atoms with van der Waals surface area (Å²) in [6, 6.07) is 7.36. The first-order valence-electron chi connectivity index (χ1n) is 5.68. The highest BCUT2D eigenvalue weighted by molar-refractivity contribution is 9.10. The van der Waals surface area contributed by atoms with Gasteiger partial charge >= 0.3 is 0 Å². The van der Waals surface area contributed by atoms with Crippen LogP contribution in [0.3, 0.4) is 0 Å². The Hall–Kier alpha value is -0.810. The van der Waals surface area contributed by atoms with Crippen LogP contribution in [0.5, 0.6) is 5.75 Å². The maximum Gasteiger partial charge on any atom is 0.142 e. The molecule has 0 spiro atoms. The van der Waals surface area contributed by atoms with Crippen LogP contribution in [0.15, 0.2) is 34.8 Å². The first-order chi connectivity index (χ1) is 9.45. The van der Waals surface area contributed by atoms with Crippen LogP contribution in [-0.2, 0) is 0 Å².